The molecule has 3 aromatic rings. The molecule has 3 rings (SSSR count). The van der Waals surface area contributed by atoms with Gasteiger partial charge in [-0.1, -0.05) is 18.2 Å². The molecule has 0 aliphatic carbocycles. The van der Waals surface area contributed by atoms with Crippen LogP contribution >= 0.6 is 0 Å². The smallest absolute Gasteiger partial charge is 0.262 e. The molecule has 0 unspecified atom stereocenters. The third kappa shape index (κ3) is 5.32. The number of halogens is 2. The molecule has 0 aliphatic heterocycles. The number of anilines is 2. The predicted molar refractivity (Wildman–Crippen MR) is 109 cm³/mol. The van der Waals surface area contributed by atoms with Crippen LogP contribution in [0.25, 0.3) is 0 Å². The van der Waals surface area contributed by atoms with Gasteiger partial charge in [0.1, 0.15) is 23.1 Å². The highest BCUT2D eigenvalue weighted by Gasteiger charge is 2.15. The number of nitrogens with one attached hydrogen (secondary N) is 2. The lowest BCUT2D eigenvalue weighted by molar-refractivity contribution is -0.118. The molecule has 0 radical (unpaired) electrons. The second kappa shape index (κ2) is 8.91. The Morgan fingerprint density at radius 1 is 0.967 bits per heavy atom. The lowest BCUT2D eigenvalue weighted by atomic mass is 10.2. The zero-order chi connectivity index (χ0) is 21.7. The van der Waals surface area contributed by atoms with E-state index in [0.29, 0.717) is 5.69 Å². The SMILES string of the molecule is Cc1cccc(NS(=O)(=O)c2ccc(OCC(=O)Nc3c(F)cccc3F)cc2)c1. The fraction of sp³-hybridized carbons (Fsp3) is 0.0952. The van der Waals surface area contributed by atoms with E-state index >= 15 is 0 Å². The van der Waals surface area contributed by atoms with E-state index in [1.54, 1.807) is 18.2 Å². The number of amides is 1. The molecule has 2 N–H and O–H groups in total. The van der Waals surface area contributed by atoms with Crippen molar-refractivity contribution in [3.05, 3.63) is 83.9 Å². The Balaban J connectivity index is 1.61. The van der Waals surface area contributed by atoms with Crippen LogP contribution in [0.15, 0.2) is 71.6 Å². The first-order valence-electron chi connectivity index (χ1n) is 8.81. The molecule has 6 nitrogen and oxygen atoms in total. The monoisotopic (exact) mass is 432 g/mol. The van der Waals surface area contributed by atoms with Crippen molar-refractivity contribution in [3.63, 3.8) is 0 Å². The van der Waals surface area contributed by atoms with Crippen molar-refractivity contribution in [2.24, 2.45) is 0 Å². The van der Waals surface area contributed by atoms with E-state index in [0.717, 1.165) is 17.7 Å². The molecular weight excluding hydrogens is 414 g/mol. The Kier molecular flexibility index (Phi) is 6.31. The average Bonchev–Trinajstić information content (AvgIpc) is 2.69. The summed E-state index contributed by atoms with van der Waals surface area (Å²) in [6, 6.07) is 15.5. The third-order valence-corrected chi connectivity index (χ3v) is 5.40. The van der Waals surface area contributed by atoms with Crippen molar-refractivity contribution < 1.29 is 26.7 Å². The summed E-state index contributed by atoms with van der Waals surface area (Å²) in [4.78, 5) is 11.9. The van der Waals surface area contributed by atoms with Gasteiger partial charge in [0, 0.05) is 5.69 Å². The van der Waals surface area contributed by atoms with Gasteiger partial charge < -0.3 is 10.1 Å². The van der Waals surface area contributed by atoms with E-state index in [2.05, 4.69) is 10.0 Å². The molecule has 0 fully saturated rings. The van der Waals surface area contributed by atoms with E-state index in [9.17, 15) is 22.0 Å². The number of rotatable bonds is 7. The molecule has 1 amide bonds. The van der Waals surface area contributed by atoms with Gasteiger partial charge in [0.25, 0.3) is 15.9 Å². The molecule has 3 aromatic carbocycles. The topological polar surface area (TPSA) is 84.5 Å². The number of hydrogen-bond acceptors (Lipinski definition) is 4. The van der Waals surface area contributed by atoms with Crippen LogP contribution in [0.1, 0.15) is 5.56 Å². The number of sulfonamides is 1. The summed E-state index contributed by atoms with van der Waals surface area (Å²) in [6.07, 6.45) is 0. The fourth-order valence-corrected chi connectivity index (χ4v) is 3.63. The molecule has 30 heavy (non-hydrogen) atoms. The van der Waals surface area contributed by atoms with Crippen molar-refractivity contribution in [1.82, 2.24) is 0 Å². The minimum atomic E-state index is -3.80. The van der Waals surface area contributed by atoms with Crippen LogP contribution in [0, 0.1) is 18.6 Å². The van der Waals surface area contributed by atoms with E-state index < -0.39 is 39.9 Å². The molecule has 0 bridgehead atoms. The Morgan fingerprint density at radius 3 is 2.23 bits per heavy atom. The van der Waals surface area contributed by atoms with Crippen molar-refractivity contribution in [2.75, 3.05) is 16.6 Å². The maximum Gasteiger partial charge on any atom is 0.262 e. The molecule has 0 aromatic heterocycles. The van der Waals surface area contributed by atoms with Crippen molar-refractivity contribution in [3.8, 4) is 5.75 Å². The maximum absolute atomic E-state index is 13.6. The Bertz CT molecular complexity index is 1150. The fourth-order valence-electron chi connectivity index (χ4n) is 2.58. The van der Waals surface area contributed by atoms with Gasteiger partial charge >= 0.3 is 0 Å². The summed E-state index contributed by atoms with van der Waals surface area (Å²) in [5.74, 6) is -2.36. The first-order chi connectivity index (χ1) is 14.2. The van der Waals surface area contributed by atoms with Crippen LogP contribution in [0.4, 0.5) is 20.2 Å². The van der Waals surface area contributed by atoms with Crippen molar-refractivity contribution >= 4 is 27.3 Å². The summed E-state index contributed by atoms with van der Waals surface area (Å²) in [6.45, 7) is 1.34. The van der Waals surface area contributed by atoms with Gasteiger partial charge in [0.2, 0.25) is 0 Å². The summed E-state index contributed by atoms with van der Waals surface area (Å²) < 4.78 is 59.8. The molecule has 0 saturated heterocycles. The highest BCUT2D eigenvalue weighted by molar-refractivity contribution is 7.92. The Hall–Kier alpha value is -3.46. The van der Waals surface area contributed by atoms with Crippen LogP contribution < -0.4 is 14.8 Å². The molecule has 0 heterocycles. The van der Waals surface area contributed by atoms with Gasteiger partial charge in [-0.3, -0.25) is 9.52 Å². The number of benzene rings is 3. The summed E-state index contributed by atoms with van der Waals surface area (Å²) >= 11 is 0. The molecule has 0 saturated carbocycles. The van der Waals surface area contributed by atoms with Crippen LogP contribution in [0.2, 0.25) is 0 Å². The van der Waals surface area contributed by atoms with Gasteiger partial charge in [0.05, 0.1) is 4.90 Å². The molecule has 156 valence electrons. The standard InChI is InChI=1S/C21H18F2N2O4S/c1-14-4-2-5-15(12-14)25-30(27,28)17-10-8-16(9-11-17)29-13-20(26)24-21-18(22)6-3-7-19(21)23/h2-12,25H,13H2,1H3,(H,24,26). The Morgan fingerprint density at radius 2 is 1.60 bits per heavy atom. The van der Waals surface area contributed by atoms with E-state index in [1.807, 2.05) is 13.0 Å². The minimum absolute atomic E-state index is 0.00855. The number of carbonyl (C=O) groups is 1. The van der Waals surface area contributed by atoms with Crippen LogP contribution in [-0.2, 0) is 14.8 Å². The second-order valence-corrected chi connectivity index (χ2v) is 8.06. The second-order valence-electron chi connectivity index (χ2n) is 6.38. The zero-order valence-corrected chi connectivity index (χ0v) is 16.7. The molecule has 0 spiro atoms. The lowest BCUT2D eigenvalue weighted by Crippen LogP contribution is -2.21. The van der Waals surface area contributed by atoms with Crippen LogP contribution in [0.5, 0.6) is 5.75 Å². The third-order valence-electron chi connectivity index (χ3n) is 4.00. The molecule has 9 heteroatoms. The summed E-state index contributed by atoms with van der Waals surface area (Å²) in [5, 5.41) is 2.10. The molecular formula is C21H18F2N2O4S. The minimum Gasteiger partial charge on any atom is -0.484 e. The quantitative estimate of drug-likeness (QED) is 0.589. The van der Waals surface area contributed by atoms with Gasteiger partial charge in [-0.15, -0.1) is 0 Å². The predicted octanol–water partition coefficient (Wildman–Crippen LogP) is 4.09. The number of ether oxygens (including phenoxy) is 1. The van der Waals surface area contributed by atoms with E-state index in [-0.39, 0.29) is 10.6 Å². The lowest BCUT2D eigenvalue weighted by Gasteiger charge is -2.11. The normalized spacial score (nSPS) is 11.0. The zero-order valence-electron chi connectivity index (χ0n) is 15.9. The van der Waals surface area contributed by atoms with Gasteiger partial charge in [-0.25, -0.2) is 17.2 Å². The van der Waals surface area contributed by atoms with Crippen molar-refractivity contribution in [1.29, 1.82) is 0 Å². The first-order valence-corrected chi connectivity index (χ1v) is 10.3. The molecule has 0 atom stereocenters. The van der Waals surface area contributed by atoms with Gasteiger partial charge in [-0.05, 0) is 61.0 Å². The van der Waals surface area contributed by atoms with Crippen molar-refractivity contribution in [2.45, 2.75) is 11.8 Å². The van der Waals surface area contributed by atoms with Gasteiger partial charge in [0.15, 0.2) is 6.61 Å². The van der Waals surface area contributed by atoms with Gasteiger partial charge in [-0.2, -0.15) is 0 Å². The van der Waals surface area contributed by atoms with E-state index in [1.165, 1.54) is 30.3 Å². The highest BCUT2D eigenvalue weighted by atomic mass is 32.2. The van der Waals surface area contributed by atoms with Crippen LogP contribution in [0.3, 0.4) is 0 Å². The summed E-state index contributed by atoms with van der Waals surface area (Å²) in [7, 11) is -3.80. The number of para-hydroxylation sites is 1. The largest absolute Gasteiger partial charge is 0.484 e. The molecule has 0 aliphatic rings. The van der Waals surface area contributed by atoms with E-state index in [4.69, 9.17) is 4.74 Å². The average molecular weight is 432 g/mol. The first kappa shape index (κ1) is 21.3. The van der Waals surface area contributed by atoms with Crippen LogP contribution in [-0.4, -0.2) is 20.9 Å². The number of hydrogen-bond donors (Lipinski definition) is 2. The number of carbonyl (C=O) groups excluding carboxylic acids is 1. The highest BCUT2D eigenvalue weighted by Crippen LogP contribution is 2.21. The summed E-state index contributed by atoms with van der Waals surface area (Å²) in [5.41, 5.74) is 0.787. The Labute approximate surface area is 172 Å². The maximum atomic E-state index is 13.6. The number of aryl methyl sites for hydroxylation is 1.